The molecule has 3 aromatic rings. The molecule has 7 heteroatoms. The number of methoxy groups -OCH3 is 1. The van der Waals surface area contributed by atoms with Crippen LogP contribution in [0.3, 0.4) is 0 Å². The summed E-state index contributed by atoms with van der Waals surface area (Å²) in [4.78, 5) is 12.5. The molecule has 1 aromatic heterocycles. The van der Waals surface area contributed by atoms with Gasteiger partial charge in [-0.2, -0.15) is 0 Å². The van der Waals surface area contributed by atoms with Crippen LogP contribution in [0.2, 0.25) is 0 Å². The van der Waals surface area contributed by atoms with Crippen molar-refractivity contribution >= 4 is 33.5 Å². The lowest BCUT2D eigenvalue weighted by molar-refractivity contribution is 0.102. The van der Waals surface area contributed by atoms with Crippen LogP contribution in [0.25, 0.3) is 11.4 Å². The number of thioether (sulfide) groups is 1. The molecule has 0 amide bonds. The van der Waals surface area contributed by atoms with Gasteiger partial charge in [-0.05, 0) is 46.6 Å². The molecular formula is C19H18BrN3O2S. The van der Waals surface area contributed by atoms with Gasteiger partial charge in [-0.25, -0.2) is 0 Å². The fraction of sp³-hybridized carbons (Fsp3) is 0.211. The van der Waals surface area contributed by atoms with E-state index in [0.717, 1.165) is 21.4 Å². The zero-order valence-electron chi connectivity index (χ0n) is 14.7. The van der Waals surface area contributed by atoms with Gasteiger partial charge in [0.2, 0.25) is 0 Å². The molecule has 0 saturated carbocycles. The molecule has 0 N–H and O–H groups in total. The van der Waals surface area contributed by atoms with Crippen LogP contribution in [0.1, 0.15) is 15.9 Å². The van der Waals surface area contributed by atoms with Gasteiger partial charge in [0, 0.05) is 18.2 Å². The number of aryl methyl sites for hydroxylation is 1. The smallest absolute Gasteiger partial charge is 0.191 e. The lowest BCUT2D eigenvalue weighted by Gasteiger charge is -2.07. The topological polar surface area (TPSA) is 57.0 Å². The first-order valence-corrected chi connectivity index (χ1v) is 9.74. The van der Waals surface area contributed by atoms with Gasteiger partial charge in [-0.15, -0.1) is 10.2 Å². The molecule has 0 aliphatic heterocycles. The first kappa shape index (κ1) is 18.7. The monoisotopic (exact) mass is 431 g/mol. The number of ketones is 1. The number of rotatable bonds is 6. The first-order valence-electron chi connectivity index (χ1n) is 7.96. The molecule has 26 heavy (non-hydrogen) atoms. The van der Waals surface area contributed by atoms with Crippen molar-refractivity contribution in [1.29, 1.82) is 0 Å². The van der Waals surface area contributed by atoms with E-state index in [9.17, 15) is 4.79 Å². The summed E-state index contributed by atoms with van der Waals surface area (Å²) in [7, 11) is 3.51. The lowest BCUT2D eigenvalue weighted by atomic mass is 10.1. The second kappa shape index (κ2) is 8.05. The summed E-state index contributed by atoms with van der Waals surface area (Å²) in [6.45, 7) is 2.04. The Kier molecular flexibility index (Phi) is 5.78. The number of aromatic nitrogens is 3. The van der Waals surface area contributed by atoms with Crippen LogP contribution >= 0.6 is 27.7 Å². The summed E-state index contributed by atoms with van der Waals surface area (Å²) in [6, 6.07) is 13.4. The minimum Gasteiger partial charge on any atom is -0.496 e. The molecule has 0 bridgehead atoms. The zero-order chi connectivity index (χ0) is 18.7. The third-order valence-electron chi connectivity index (χ3n) is 4.03. The SMILES string of the molecule is COc1ccc(C(=O)CSc2nnc(-c3ccccc3C)n2C)cc1Br. The van der Waals surface area contributed by atoms with Gasteiger partial charge in [-0.1, -0.05) is 36.0 Å². The number of Topliss-reactive ketones (excluding diaryl/α,β-unsaturated/α-hetero) is 1. The van der Waals surface area contributed by atoms with Gasteiger partial charge in [-0.3, -0.25) is 4.79 Å². The number of halogens is 1. The lowest BCUT2D eigenvalue weighted by Crippen LogP contribution is -2.04. The summed E-state index contributed by atoms with van der Waals surface area (Å²) < 4.78 is 7.88. The molecule has 2 aromatic carbocycles. The Morgan fingerprint density at radius 3 is 2.69 bits per heavy atom. The van der Waals surface area contributed by atoms with Crippen molar-refractivity contribution < 1.29 is 9.53 Å². The maximum absolute atomic E-state index is 12.5. The Hall–Kier alpha value is -2.12. The highest BCUT2D eigenvalue weighted by Gasteiger charge is 2.15. The van der Waals surface area contributed by atoms with E-state index in [-0.39, 0.29) is 5.78 Å². The van der Waals surface area contributed by atoms with Crippen molar-refractivity contribution in [2.75, 3.05) is 12.9 Å². The van der Waals surface area contributed by atoms with Crippen molar-refractivity contribution in [1.82, 2.24) is 14.8 Å². The number of benzene rings is 2. The largest absolute Gasteiger partial charge is 0.496 e. The number of hydrogen-bond donors (Lipinski definition) is 0. The second-order valence-corrected chi connectivity index (χ2v) is 7.54. The molecule has 0 unspecified atom stereocenters. The van der Waals surface area contributed by atoms with Gasteiger partial charge in [0.25, 0.3) is 0 Å². The number of carbonyl (C=O) groups is 1. The molecule has 1 heterocycles. The van der Waals surface area contributed by atoms with E-state index < -0.39 is 0 Å². The van der Waals surface area contributed by atoms with E-state index in [0.29, 0.717) is 22.2 Å². The molecule has 0 aliphatic carbocycles. The molecule has 134 valence electrons. The Labute approximate surface area is 164 Å². The highest BCUT2D eigenvalue weighted by Crippen LogP contribution is 2.28. The van der Waals surface area contributed by atoms with Gasteiger partial charge < -0.3 is 9.30 Å². The zero-order valence-corrected chi connectivity index (χ0v) is 17.1. The van der Waals surface area contributed by atoms with E-state index in [1.54, 1.807) is 25.3 Å². The predicted octanol–water partition coefficient (Wildman–Crippen LogP) is 4.54. The first-order chi connectivity index (χ1) is 12.5. The van der Waals surface area contributed by atoms with Crippen LogP contribution < -0.4 is 4.74 Å². The van der Waals surface area contributed by atoms with E-state index in [2.05, 4.69) is 26.1 Å². The standard InChI is InChI=1S/C19H18BrN3O2S/c1-12-6-4-5-7-14(12)18-21-22-19(23(18)2)26-11-16(24)13-8-9-17(25-3)15(20)10-13/h4-10H,11H2,1-3H3. The fourth-order valence-electron chi connectivity index (χ4n) is 2.55. The normalized spacial score (nSPS) is 10.8. The van der Waals surface area contributed by atoms with E-state index in [1.165, 1.54) is 11.8 Å². The summed E-state index contributed by atoms with van der Waals surface area (Å²) >= 11 is 4.79. The number of carbonyl (C=O) groups excluding carboxylic acids is 1. The minimum absolute atomic E-state index is 0.0267. The second-order valence-electron chi connectivity index (χ2n) is 5.74. The van der Waals surface area contributed by atoms with Gasteiger partial charge in [0.05, 0.1) is 17.3 Å². The molecule has 0 aliphatic rings. The average Bonchev–Trinajstić information content (AvgIpc) is 3.00. The number of hydrogen-bond acceptors (Lipinski definition) is 5. The molecular weight excluding hydrogens is 414 g/mol. The summed E-state index contributed by atoms with van der Waals surface area (Å²) in [6.07, 6.45) is 0. The average molecular weight is 432 g/mol. The van der Waals surface area contributed by atoms with Gasteiger partial charge in [0.1, 0.15) is 5.75 Å². The van der Waals surface area contributed by atoms with Crippen LogP contribution in [0, 0.1) is 6.92 Å². The third-order valence-corrected chi connectivity index (χ3v) is 5.67. The van der Waals surface area contributed by atoms with Crippen molar-refractivity contribution in [3.05, 3.63) is 58.1 Å². The molecule has 0 atom stereocenters. The summed E-state index contributed by atoms with van der Waals surface area (Å²) in [5, 5.41) is 9.24. The maximum atomic E-state index is 12.5. The molecule has 0 radical (unpaired) electrons. The van der Waals surface area contributed by atoms with Gasteiger partial charge in [0.15, 0.2) is 16.8 Å². The Bertz CT molecular complexity index is 956. The van der Waals surface area contributed by atoms with Crippen molar-refractivity contribution in [3.63, 3.8) is 0 Å². The van der Waals surface area contributed by atoms with Crippen molar-refractivity contribution in [2.24, 2.45) is 7.05 Å². The number of ether oxygens (including phenoxy) is 1. The fourth-order valence-corrected chi connectivity index (χ4v) is 3.90. The Morgan fingerprint density at radius 2 is 2.00 bits per heavy atom. The van der Waals surface area contributed by atoms with Crippen LogP contribution in [0.5, 0.6) is 5.75 Å². The predicted molar refractivity (Wildman–Crippen MR) is 107 cm³/mol. The maximum Gasteiger partial charge on any atom is 0.191 e. The third kappa shape index (κ3) is 3.83. The van der Waals surface area contributed by atoms with E-state index in [4.69, 9.17) is 4.74 Å². The quantitative estimate of drug-likeness (QED) is 0.423. The minimum atomic E-state index is 0.0267. The molecule has 0 saturated heterocycles. The summed E-state index contributed by atoms with van der Waals surface area (Å²) in [5.41, 5.74) is 2.81. The summed E-state index contributed by atoms with van der Waals surface area (Å²) in [5.74, 6) is 1.81. The Morgan fingerprint density at radius 1 is 1.23 bits per heavy atom. The molecule has 3 rings (SSSR count). The van der Waals surface area contributed by atoms with Crippen molar-refractivity contribution in [3.8, 4) is 17.1 Å². The van der Waals surface area contributed by atoms with Crippen LogP contribution in [-0.2, 0) is 7.05 Å². The van der Waals surface area contributed by atoms with E-state index >= 15 is 0 Å². The molecule has 0 spiro atoms. The highest BCUT2D eigenvalue weighted by molar-refractivity contribution is 9.10. The number of nitrogens with zero attached hydrogens (tertiary/aromatic N) is 3. The highest BCUT2D eigenvalue weighted by atomic mass is 79.9. The van der Waals surface area contributed by atoms with Crippen LogP contribution in [0.4, 0.5) is 0 Å². The Balaban J connectivity index is 1.74. The van der Waals surface area contributed by atoms with Crippen molar-refractivity contribution in [2.45, 2.75) is 12.1 Å². The molecule has 5 nitrogen and oxygen atoms in total. The molecule has 0 fully saturated rings. The van der Waals surface area contributed by atoms with E-state index in [1.807, 2.05) is 42.8 Å². The van der Waals surface area contributed by atoms with Crippen LogP contribution in [0.15, 0.2) is 52.1 Å². The van der Waals surface area contributed by atoms with Crippen LogP contribution in [-0.4, -0.2) is 33.4 Å². The van der Waals surface area contributed by atoms with Gasteiger partial charge >= 0.3 is 0 Å².